The van der Waals surface area contributed by atoms with Gasteiger partial charge >= 0.3 is 0 Å². The van der Waals surface area contributed by atoms with Gasteiger partial charge in [0.1, 0.15) is 5.00 Å². The van der Waals surface area contributed by atoms with Crippen LogP contribution in [0.5, 0.6) is 0 Å². The monoisotopic (exact) mass is 322 g/mol. The van der Waals surface area contributed by atoms with Gasteiger partial charge in [0, 0.05) is 17.8 Å². The number of pyridine rings is 1. The SMILES string of the molecule is CC(C)(C)C(=O)c1ccsc1NC(=O)c1ccncc1Cl. The number of hydrogen-bond donors (Lipinski definition) is 1. The number of halogens is 1. The van der Waals surface area contributed by atoms with Gasteiger partial charge in [-0.15, -0.1) is 11.3 Å². The molecule has 0 saturated carbocycles. The second-order valence-electron chi connectivity index (χ2n) is 5.55. The Hall–Kier alpha value is -1.72. The zero-order valence-electron chi connectivity index (χ0n) is 11.9. The van der Waals surface area contributed by atoms with E-state index < -0.39 is 5.41 Å². The van der Waals surface area contributed by atoms with E-state index in [9.17, 15) is 9.59 Å². The molecule has 6 heteroatoms. The average molecular weight is 323 g/mol. The molecule has 4 nitrogen and oxygen atoms in total. The van der Waals surface area contributed by atoms with E-state index in [1.807, 2.05) is 20.8 Å². The molecule has 2 aromatic heterocycles. The largest absolute Gasteiger partial charge is 0.313 e. The summed E-state index contributed by atoms with van der Waals surface area (Å²) >= 11 is 7.26. The fourth-order valence-electron chi connectivity index (χ4n) is 1.72. The van der Waals surface area contributed by atoms with E-state index in [0.717, 1.165) is 0 Å². The second-order valence-corrected chi connectivity index (χ2v) is 6.88. The van der Waals surface area contributed by atoms with E-state index in [0.29, 0.717) is 16.1 Å². The van der Waals surface area contributed by atoms with E-state index in [1.165, 1.54) is 29.8 Å². The number of nitrogens with one attached hydrogen (secondary N) is 1. The third kappa shape index (κ3) is 3.49. The predicted molar refractivity (Wildman–Crippen MR) is 85.3 cm³/mol. The molecule has 0 fully saturated rings. The van der Waals surface area contributed by atoms with Gasteiger partial charge in [0.25, 0.3) is 5.91 Å². The van der Waals surface area contributed by atoms with Crippen LogP contribution in [-0.2, 0) is 0 Å². The van der Waals surface area contributed by atoms with Crippen molar-refractivity contribution in [2.75, 3.05) is 5.32 Å². The normalized spacial score (nSPS) is 11.2. The molecule has 21 heavy (non-hydrogen) atoms. The molecule has 0 aromatic carbocycles. The van der Waals surface area contributed by atoms with Crippen molar-refractivity contribution in [2.45, 2.75) is 20.8 Å². The smallest absolute Gasteiger partial charge is 0.257 e. The Morgan fingerprint density at radius 3 is 2.57 bits per heavy atom. The molecule has 2 heterocycles. The summed E-state index contributed by atoms with van der Waals surface area (Å²) < 4.78 is 0. The van der Waals surface area contributed by atoms with Crippen molar-refractivity contribution < 1.29 is 9.59 Å². The number of anilines is 1. The molecule has 0 aliphatic heterocycles. The zero-order valence-corrected chi connectivity index (χ0v) is 13.5. The third-order valence-electron chi connectivity index (χ3n) is 2.84. The van der Waals surface area contributed by atoms with E-state index in [2.05, 4.69) is 10.3 Å². The Balaban J connectivity index is 2.26. The molecule has 2 rings (SSSR count). The summed E-state index contributed by atoms with van der Waals surface area (Å²) in [5.41, 5.74) is 0.342. The van der Waals surface area contributed by atoms with Gasteiger partial charge in [-0.25, -0.2) is 0 Å². The van der Waals surface area contributed by atoms with Gasteiger partial charge < -0.3 is 5.32 Å². The molecular weight excluding hydrogens is 308 g/mol. The van der Waals surface area contributed by atoms with E-state index in [1.54, 1.807) is 11.4 Å². The minimum Gasteiger partial charge on any atom is -0.313 e. The van der Waals surface area contributed by atoms with Crippen LogP contribution in [0.1, 0.15) is 41.5 Å². The topological polar surface area (TPSA) is 59.1 Å². The molecule has 2 aromatic rings. The molecule has 0 bridgehead atoms. The highest BCUT2D eigenvalue weighted by Gasteiger charge is 2.26. The third-order valence-corrected chi connectivity index (χ3v) is 3.97. The molecule has 1 N–H and O–H groups in total. The van der Waals surface area contributed by atoms with E-state index >= 15 is 0 Å². The number of amides is 1. The molecule has 0 aliphatic rings. The summed E-state index contributed by atoms with van der Waals surface area (Å²) in [5.74, 6) is -0.368. The Morgan fingerprint density at radius 2 is 1.95 bits per heavy atom. The van der Waals surface area contributed by atoms with Crippen LogP contribution in [0.2, 0.25) is 5.02 Å². The fourth-order valence-corrected chi connectivity index (χ4v) is 2.70. The van der Waals surface area contributed by atoms with Crippen LogP contribution < -0.4 is 5.32 Å². The number of hydrogen-bond acceptors (Lipinski definition) is 4. The summed E-state index contributed by atoms with van der Waals surface area (Å²) in [7, 11) is 0. The van der Waals surface area contributed by atoms with Gasteiger partial charge in [0.2, 0.25) is 0 Å². The Labute approximate surface area is 132 Å². The number of nitrogens with zero attached hydrogens (tertiary/aromatic N) is 1. The number of ketones is 1. The molecule has 0 saturated heterocycles. The maximum atomic E-state index is 12.4. The van der Waals surface area contributed by atoms with Crippen molar-refractivity contribution in [1.29, 1.82) is 0 Å². The lowest BCUT2D eigenvalue weighted by molar-refractivity contribution is 0.0859. The number of rotatable bonds is 3. The van der Waals surface area contributed by atoms with Crippen molar-refractivity contribution in [2.24, 2.45) is 5.41 Å². The maximum absolute atomic E-state index is 12.4. The Kier molecular flexibility index (Phi) is 4.44. The minimum atomic E-state index is -0.505. The van der Waals surface area contributed by atoms with Crippen molar-refractivity contribution in [3.63, 3.8) is 0 Å². The van der Waals surface area contributed by atoms with Crippen LogP contribution in [0.15, 0.2) is 29.9 Å². The first-order valence-electron chi connectivity index (χ1n) is 6.34. The summed E-state index contributed by atoms with van der Waals surface area (Å²) in [6.45, 7) is 5.54. The standard InChI is InChI=1S/C15H15ClN2O2S/c1-15(2,3)12(19)10-5-7-21-14(10)18-13(20)9-4-6-17-8-11(9)16/h4-8H,1-3H3,(H,18,20). The van der Waals surface area contributed by atoms with Crippen molar-refractivity contribution in [1.82, 2.24) is 4.98 Å². The molecule has 1 amide bonds. The van der Waals surface area contributed by atoms with Crippen LogP contribution in [0.25, 0.3) is 0 Å². The Morgan fingerprint density at radius 1 is 1.24 bits per heavy atom. The second kappa shape index (κ2) is 5.95. The van der Waals surface area contributed by atoms with Crippen molar-refractivity contribution in [3.8, 4) is 0 Å². The number of thiophene rings is 1. The quantitative estimate of drug-likeness (QED) is 0.858. The highest BCUT2D eigenvalue weighted by molar-refractivity contribution is 7.14. The number of Topliss-reactive ketones (excluding diaryl/α,β-unsaturated/α-hetero) is 1. The van der Waals surface area contributed by atoms with Crippen molar-refractivity contribution >= 4 is 39.6 Å². The lowest BCUT2D eigenvalue weighted by atomic mass is 9.87. The molecular formula is C15H15ClN2O2S. The van der Waals surface area contributed by atoms with E-state index in [-0.39, 0.29) is 16.7 Å². The first-order chi connectivity index (χ1) is 9.80. The zero-order chi connectivity index (χ0) is 15.6. The van der Waals surface area contributed by atoms with Gasteiger partial charge in [-0.05, 0) is 17.5 Å². The average Bonchev–Trinajstić information content (AvgIpc) is 2.85. The van der Waals surface area contributed by atoms with Gasteiger partial charge in [-0.2, -0.15) is 0 Å². The maximum Gasteiger partial charge on any atom is 0.257 e. The van der Waals surface area contributed by atoms with Gasteiger partial charge in [-0.1, -0.05) is 32.4 Å². The van der Waals surface area contributed by atoms with Crippen LogP contribution in [0.3, 0.4) is 0 Å². The van der Waals surface area contributed by atoms with Crippen LogP contribution in [0.4, 0.5) is 5.00 Å². The summed E-state index contributed by atoms with van der Waals surface area (Å²) in [6.07, 6.45) is 2.91. The first-order valence-corrected chi connectivity index (χ1v) is 7.59. The molecule has 0 atom stereocenters. The van der Waals surface area contributed by atoms with Crippen LogP contribution >= 0.6 is 22.9 Å². The first kappa shape index (κ1) is 15.7. The predicted octanol–water partition coefficient (Wildman–Crippen LogP) is 4.28. The fraction of sp³-hybridized carbons (Fsp3) is 0.267. The lowest BCUT2D eigenvalue weighted by Crippen LogP contribution is -2.22. The van der Waals surface area contributed by atoms with Crippen LogP contribution in [-0.4, -0.2) is 16.7 Å². The highest BCUT2D eigenvalue weighted by Crippen LogP contribution is 2.30. The molecule has 110 valence electrons. The molecule has 0 spiro atoms. The summed E-state index contributed by atoms with van der Waals surface area (Å²) in [4.78, 5) is 28.4. The van der Waals surface area contributed by atoms with Gasteiger partial charge in [0.15, 0.2) is 5.78 Å². The van der Waals surface area contributed by atoms with Gasteiger partial charge in [-0.3, -0.25) is 14.6 Å². The summed E-state index contributed by atoms with van der Waals surface area (Å²) in [6, 6.07) is 3.26. The summed E-state index contributed by atoms with van der Waals surface area (Å²) in [5, 5.41) is 5.34. The van der Waals surface area contributed by atoms with Crippen molar-refractivity contribution in [3.05, 3.63) is 46.1 Å². The lowest BCUT2D eigenvalue weighted by Gasteiger charge is -2.17. The van der Waals surface area contributed by atoms with Crippen LogP contribution in [0, 0.1) is 5.41 Å². The molecule has 0 unspecified atom stereocenters. The van der Waals surface area contributed by atoms with E-state index in [4.69, 9.17) is 11.6 Å². The Bertz CT molecular complexity index is 689. The number of carbonyl (C=O) groups is 2. The molecule has 0 radical (unpaired) electrons. The minimum absolute atomic E-state index is 0.0140. The van der Waals surface area contributed by atoms with Gasteiger partial charge in [0.05, 0.1) is 16.1 Å². The number of carbonyl (C=O) groups excluding carboxylic acids is 2. The number of aromatic nitrogens is 1. The molecule has 0 aliphatic carbocycles. The highest BCUT2D eigenvalue weighted by atomic mass is 35.5.